The van der Waals surface area contributed by atoms with Gasteiger partial charge in [-0.3, -0.25) is 14.9 Å². The topological polar surface area (TPSA) is 103 Å². The number of hydrogen-bond acceptors (Lipinski definition) is 6. The molecule has 8 nitrogen and oxygen atoms in total. The number of carbonyl (C=O) groups is 1. The molecule has 0 saturated heterocycles. The summed E-state index contributed by atoms with van der Waals surface area (Å²) in [5.74, 6) is -0.458. The Morgan fingerprint density at radius 1 is 1.11 bits per heavy atom. The smallest absolute Gasteiger partial charge is 0.387 e. The second-order valence-electron chi connectivity index (χ2n) is 5.40. The van der Waals surface area contributed by atoms with Crippen LogP contribution in [-0.2, 0) is 4.79 Å². The molecule has 0 spiro atoms. The van der Waals surface area contributed by atoms with Crippen LogP contribution in [0.25, 0.3) is 0 Å². The molecule has 0 aliphatic rings. The van der Waals surface area contributed by atoms with Gasteiger partial charge in [-0.2, -0.15) is 8.78 Å². The van der Waals surface area contributed by atoms with Gasteiger partial charge in [0.15, 0.2) is 11.5 Å². The number of nitro benzene ring substituents is 1. The minimum Gasteiger partial charge on any atom is -0.493 e. The van der Waals surface area contributed by atoms with Crippen molar-refractivity contribution in [2.24, 2.45) is 0 Å². The first-order valence-electron chi connectivity index (χ1n) is 7.75. The summed E-state index contributed by atoms with van der Waals surface area (Å²) in [5.41, 5.74) is 0.664. The highest BCUT2D eigenvalue weighted by Gasteiger charge is 2.16. The first-order valence-corrected chi connectivity index (χ1v) is 7.75. The van der Waals surface area contributed by atoms with E-state index in [-0.39, 0.29) is 17.2 Å². The summed E-state index contributed by atoms with van der Waals surface area (Å²) in [5, 5.41) is 16.1. The second kappa shape index (κ2) is 8.79. The largest absolute Gasteiger partial charge is 0.493 e. The number of rotatable bonds is 8. The quantitative estimate of drug-likeness (QED) is 0.535. The Morgan fingerprint density at radius 3 is 2.30 bits per heavy atom. The predicted molar refractivity (Wildman–Crippen MR) is 94.4 cm³/mol. The number of amides is 1. The number of ether oxygens (including phenoxy) is 2. The number of carbonyl (C=O) groups excluding carboxylic acids is 1. The molecule has 27 heavy (non-hydrogen) atoms. The lowest BCUT2D eigenvalue weighted by atomic mass is 10.2. The van der Waals surface area contributed by atoms with E-state index in [9.17, 15) is 23.7 Å². The number of nitrogens with one attached hydrogen (secondary N) is 2. The third-order valence-electron chi connectivity index (χ3n) is 3.50. The standard InChI is InChI=1S/C17H17F2N3O5/c1-10(16(23)21-11-3-6-13(7-4-11)22(24)25)20-12-5-8-14(26-2)15(9-12)27-17(18)19/h3-10,17,20H,1-2H3,(H,21,23). The van der Waals surface area contributed by atoms with Crippen LogP contribution in [0.4, 0.5) is 25.8 Å². The molecular weight excluding hydrogens is 364 g/mol. The van der Waals surface area contributed by atoms with Gasteiger partial charge in [-0.15, -0.1) is 0 Å². The van der Waals surface area contributed by atoms with Crippen molar-refractivity contribution in [1.82, 2.24) is 0 Å². The maximum Gasteiger partial charge on any atom is 0.387 e. The Kier molecular flexibility index (Phi) is 6.47. The monoisotopic (exact) mass is 381 g/mol. The Hall–Kier alpha value is -3.43. The number of nitrogens with zero attached hydrogens (tertiary/aromatic N) is 1. The Morgan fingerprint density at radius 2 is 1.74 bits per heavy atom. The molecule has 10 heteroatoms. The van der Waals surface area contributed by atoms with E-state index in [1.807, 2.05) is 0 Å². The Balaban J connectivity index is 2.04. The van der Waals surface area contributed by atoms with Gasteiger partial charge >= 0.3 is 6.61 Å². The summed E-state index contributed by atoms with van der Waals surface area (Å²) in [4.78, 5) is 22.3. The van der Waals surface area contributed by atoms with Gasteiger partial charge in [0.25, 0.3) is 5.69 Å². The number of nitro groups is 1. The van der Waals surface area contributed by atoms with Gasteiger partial charge in [-0.25, -0.2) is 0 Å². The van der Waals surface area contributed by atoms with E-state index in [4.69, 9.17) is 4.74 Å². The lowest BCUT2D eigenvalue weighted by Crippen LogP contribution is -2.31. The zero-order chi connectivity index (χ0) is 20.0. The molecule has 1 atom stereocenters. The van der Waals surface area contributed by atoms with Crippen molar-refractivity contribution in [2.45, 2.75) is 19.6 Å². The van der Waals surface area contributed by atoms with Crippen molar-refractivity contribution in [3.05, 3.63) is 52.6 Å². The van der Waals surface area contributed by atoms with Crippen LogP contribution in [0.2, 0.25) is 0 Å². The van der Waals surface area contributed by atoms with E-state index in [2.05, 4.69) is 15.4 Å². The maximum absolute atomic E-state index is 12.5. The first kappa shape index (κ1) is 19.9. The zero-order valence-corrected chi connectivity index (χ0v) is 14.4. The molecule has 0 radical (unpaired) electrons. The molecule has 0 fully saturated rings. The van der Waals surface area contributed by atoms with E-state index in [1.54, 1.807) is 13.0 Å². The predicted octanol–water partition coefficient (Wildman–Crippen LogP) is 3.64. The summed E-state index contributed by atoms with van der Waals surface area (Å²) in [6, 6.07) is 8.90. The van der Waals surface area contributed by atoms with Gasteiger partial charge in [-0.1, -0.05) is 0 Å². The van der Waals surface area contributed by atoms with Gasteiger partial charge in [0, 0.05) is 29.6 Å². The molecule has 0 heterocycles. The zero-order valence-electron chi connectivity index (χ0n) is 14.4. The molecule has 144 valence electrons. The highest BCUT2D eigenvalue weighted by atomic mass is 19.3. The number of hydrogen-bond donors (Lipinski definition) is 2. The lowest BCUT2D eigenvalue weighted by Gasteiger charge is -2.17. The molecule has 0 aromatic heterocycles. The van der Waals surface area contributed by atoms with E-state index in [0.29, 0.717) is 11.4 Å². The normalized spacial score (nSPS) is 11.6. The molecule has 0 aliphatic heterocycles. The first-order chi connectivity index (χ1) is 12.8. The molecule has 0 bridgehead atoms. The van der Waals surface area contributed by atoms with Crippen LogP contribution in [0.15, 0.2) is 42.5 Å². The molecule has 2 rings (SSSR count). The van der Waals surface area contributed by atoms with Crippen molar-refractivity contribution in [3.63, 3.8) is 0 Å². The van der Waals surface area contributed by atoms with Crippen molar-refractivity contribution in [3.8, 4) is 11.5 Å². The molecular formula is C17H17F2N3O5. The molecule has 2 aromatic rings. The van der Waals surface area contributed by atoms with Crippen molar-refractivity contribution >= 4 is 23.0 Å². The van der Waals surface area contributed by atoms with Gasteiger partial charge in [0.05, 0.1) is 12.0 Å². The van der Waals surface area contributed by atoms with E-state index in [0.717, 1.165) is 0 Å². The third-order valence-corrected chi connectivity index (χ3v) is 3.50. The fourth-order valence-electron chi connectivity index (χ4n) is 2.19. The highest BCUT2D eigenvalue weighted by Crippen LogP contribution is 2.31. The van der Waals surface area contributed by atoms with Crippen LogP contribution in [-0.4, -0.2) is 30.6 Å². The van der Waals surface area contributed by atoms with E-state index >= 15 is 0 Å². The van der Waals surface area contributed by atoms with E-state index < -0.39 is 23.5 Å². The third kappa shape index (κ3) is 5.53. The van der Waals surface area contributed by atoms with Crippen LogP contribution in [0.1, 0.15) is 6.92 Å². The average Bonchev–Trinajstić information content (AvgIpc) is 2.61. The molecule has 2 aromatic carbocycles. The number of non-ortho nitro benzene ring substituents is 1. The highest BCUT2D eigenvalue weighted by molar-refractivity contribution is 5.96. The molecule has 2 N–H and O–H groups in total. The number of methoxy groups -OCH3 is 1. The van der Waals surface area contributed by atoms with Crippen molar-refractivity contribution < 1.29 is 28.0 Å². The number of anilines is 2. The lowest BCUT2D eigenvalue weighted by molar-refractivity contribution is -0.384. The fraction of sp³-hybridized carbons (Fsp3) is 0.235. The van der Waals surface area contributed by atoms with Crippen LogP contribution in [0, 0.1) is 10.1 Å². The summed E-state index contributed by atoms with van der Waals surface area (Å²) < 4.78 is 34.3. The number of alkyl halides is 2. The summed E-state index contributed by atoms with van der Waals surface area (Å²) >= 11 is 0. The SMILES string of the molecule is COc1ccc(NC(C)C(=O)Nc2ccc([N+](=O)[O-])cc2)cc1OC(F)F. The van der Waals surface area contributed by atoms with Crippen molar-refractivity contribution in [2.75, 3.05) is 17.7 Å². The number of halogens is 2. The molecule has 0 saturated carbocycles. The second-order valence-corrected chi connectivity index (χ2v) is 5.40. The minimum atomic E-state index is -3.02. The van der Waals surface area contributed by atoms with E-state index in [1.165, 1.54) is 43.5 Å². The van der Waals surface area contributed by atoms with Crippen LogP contribution < -0.4 is 20.1 Å². The minimum absolute atomic E-state index is 0.0936. The Labute approximate surface area is 153 Å². The molecule has 0 aliphatic carbocycles. The summed E-state index contributed by atoms with van der Waals surface area (Å²) in [7, 11) is 1.32. The summed E-state index contributed by atoms with van der Waals surface area (Å²) in [6.45, 7) is -1.45. The van der Waals surface area contributed by atoms with Crippen LogP contribution in [0.5, 0.6) is 11.5 Å². The fourth-order valence-corrected chi connectivity index (χ4v) is 2.19. The number of benzene rings is 2. The Bertz CT molecular complexity index is 815. The molecule has 1 amide bonds. The van der Waals surface area contributed by atoms with Crippen LogP contribution >= 0.6 is 0 Å². The van der Waals surface area contributed by atoms with Crippen LogP contribution in [0.3, 0.4) is 0 Å². The van der Waals surface area contributed by atoms with Gasteiger partial charge in [-0.05, 0) is 31.2 Å². The van der Waals surface area contributed by atoms with Gasteiger partial charge in [0.2, 0.25) is 5.91 Å². The van der Waals surface area contributed by atoms with Gasteiger partial charge in [0.1, 0.15) is 6.04 Å². The summed E-state index contributed by atoms with van der Waals surface area (Å²) in [6.07, 6.45) is 0. The average molecular weight is 381 g/mol. The van der Waals surface area contributed by atoms with Crippen molar-refractivity contribution in [1.29, 1.82) is 0 Å². The molecule has 1 unspecified atom stereocenters. The van der Waals surface area contributed by atoms with Gasteiger partial charge < -0.3 is 20.1 Å². The maximum atomic E-state index is 12.5.